The van der Waals surface area contributed by atoms with Crippen molar-refractivity contribution in [3.8, 4) is 0 Å². The molecule has 0 amide bonds. The van der Waals surface area contributed by atoms with Gasteiger partial charge in [0.05, 0.1) is 18.8 Å². The predicted octanol–water partition coefficient (Wildman–Crippen LogP) is 6.33. The van der Waals surface area contributed by atoms with Crippen molar-refractivity contribution >= 4 is 17.6 Å². The Bertz CT molecular complexity index is 1210. The molecule has 0 N–H and O–H groups in total. The van der Waals surface area contributed by atoms with Crippen molar-refractivity contribution in [3.63, 3.8) is 0 Å². The smallest absolute Gasteiger partial charge is 0.320 e. The number of ether oxygens (including phenoxy) is 5. The number of halogens is 1. The summed E-state index contributed by atoms with van der Waals surface area (Å²) in [5.74, 6) is 1.14. The van der Waals surface area contributed by atoms with E-state index in [9.17, 15) is 10.3 Å². The maximum absolute atomic E-state index is 12.1. The van der Waals surface area contributed by atoms with E-state index in [1.54, 1.807) is 0 Å². The molecule has 5 fully saturated rings. The van der Waals surface area contributed by atoms with Crippen LogP contribution >= 0.6 is 11.6 Å². The molecule has 1 saturated heterocycles. The lowest BCUT2D eigenvalue weighted by atomic mass is 9.54. The molecule has 0 spiro atoms. The highest BCUT2D eigenvalue weighted by molar-refractivity contribution is 6.26. The van der Waals surface area contributed by atoms with Crippen LogP contribution in [0.5, 0.6) is 0 Å². The fraction of sp³-hybridized carbons (Fsp3) is 0.594. The Kier molecular flexibility index (Phi) is 9.34. The van der Waals surface area contributed by atoms with E-state index in [4.69, 9.17) is 35.3 Å². The second-order valence-electron chi connectivity index (χ2n) is 12.3. The van der Waals surface area contributed by atoms with Gasteiger partial charge in [-0.2, -0.15) is 0 Å². The van der Waals surface area contributed by atoms with Crippen molar-refractivity contribution in [2.75, 3.05) is 12.5 Å². The van der Waals surface area contributed by atoms with E-state index in [0.717, 1.165) is 30.4 Å². The summed E-state index contributed by atoms with van der Waals surface area (Å²) >= 11 is 5.74. The Morgan fingerprint density at radius 2 is 1.45 bits per heavy atom. The van der Waals surface area contributed by atoms with E-state index in [-0.39, 0.29) is 31.3 Å². The first-order chi connectivity index (χ1) is 20.5. The maximum atomic E-state index is 12.1. The topological polar surface area (TPSA) is 112 Å². The minimum absolute atomic E-state index is 0.0973. The number of hydrogen-bond acceptors (Lipinski definition) is 7. The second kappa shape index (κ2) is 13.3. The van der Waals surface area contributed by atoms with Crippen molar-refractivity contribution in [3.05, 3.63) is 82.2 Å². The van der Waals surface area contributed by atoms with Crippen LogP contribution in [0.1, 0.15) is 49.7 Å². The quantitative estimate of drug-likeness (QED) is 0.0932. The molecule has 4 saturated carbocycles. The first-order valence-corrected chi connectivity index (χ1v) is 15.5. The first kappa shape index (κ1) is 29.4. The van der Waals surface area contributed by atoms with E-state index in [2.05, 4.69) is 10.0 Å². The molecule has 1 heterocycles. The van der Waals surface area contributed by atoms with Gasteiger partial charge in [0.25, 0.3) is 0 Å². The molecule has 5 aliphatic rings. The van der Waals surface area contributed by atoms with Gasteiger partial charge in [0.2, 0.25) is 0 Å². The van der Waals surface area contributed by atoms with E-state index in [0.29, 0.717) is 17.8 Å². The Morgan fingerprint density at radius 3 is 1.98 bits per heavy atom. The zero-order valence-corrected chi connectivity index (χ0v) is 24.4. The highest BCUT2D eigenvalue weighted by atomic mass is 35.5. The number of carbonyl (C=O) groups excluding carboxylic acids is 1. The molecule has 4 bridgehead atoms. The van der Waals surface area contributed by atoms with Crippen molar-refractivity contribution in [1.82, 2.24) is 0 Å². The van der Waals surface area contributed by atoms with Gasteiger partial charge in [-0.25, -0.2) is 0 Å². The molecule has 1 aliphatic heterocycles. The first-order valence-electron chi connectivity index (χ1n) is 14.9. The third kappa shape index (κ3) is 6.77. The highest BCUT2D eigenvalue weighted by Gasteiger charge is 2.56. The summed E-state index contributed by atoms with van der Waals surface area (Å²) < 4.78 is 31.9. The van der Waals surface area contributed by atoms with Gasteiger partial charge in [0.15, 0.2) is 6.29 Å². The molecule has 4 aliphatic carbocycles. The van der Waals surface area contributed by atoms with Gasteiger partial charge < -0.3 is 23.7 Å². The molecule has 9 nitrogen and oxygen atoms in total. The van der Waals surface area contributed by atoms with Crippen molar-refractivity contribution < 1.29 is 28.5 Å². The highest BCUT2D eigenvalue weighted by Crippen LogP contribution is 2.57. The largest absolute Gasteiger partial charge is 0.462 e. The molecule has 2 aromatic rings. The zero-order valence-electron chi connectivity index (χ0n) is 23.6. The van der Waals surface area contributed by atoms with Crippen LogP contribution < -0.4 is 0 Å². The Hall–Kier alpha value is -2.65. The van der Waals surface area contributed by atoms with E-state index in [1.165, 1.54) is 19.3 Å². The van der Waals surface area contributed by atoms with Gasteiger partial charge in [-0.05, 0) is 72.9 Å². The number of rotatable bonds is 12. The van der Waals surface area contributed by atoms with Gasteiger partial charge in [0, 0.05) is 4.91 Å². The molecule has 5 atom stereocenters. The van der Waals surface area contributed by atoms with Crippen LogP contribution in [-0.4, -0.2) is 54.7 Å². The summed E-state index contributed by atoms with van der Waals surface area (Å²) in [6.07, 6.45) is 3.70. The van der Waals surface area contributed by atoms with Crippen molar-refractivity contribution in [2.45, 2.75) is 88.0 Å². The summed E-state index contributed by atoms with van der Waals surface area (Å²) in [6.45, 7) is 0.440. The number of alkyl halides is 1. The number of carbonyl (C=O) groups is 1. The molecule has 224 valence electrons. The number of nitrogens with zero attached hydrogens (tertiary/aromatic N) is 3. The average Bonchev–Trinajstić information content (AvgIpc) is 2.99. The van der Waals surface area contributed by atoms with E-state index >= 15 is 0 Å². The Balaban J connectivity index is 1.30. The average molecular weight is 596 g/mol. The lowest BCUT2D eigenvalue weighted by molar-refractivity contribution is -0.325. The minimum atomic E-state index is -0.880. The number of azide groups is 1. The third-order valence-corrected chi connectivity index (χ3v) is 9.45. The minimum Gasteiger partial charge on any atom is -0.462 e. The van der Waals surface area contributed by atoms with Gasteiger partial charge in [-0.15, -0.1) is 11.6 Å². The van der Waals surface area contributed by atoms with Crippen LogP contribution in [0.3, 0.4) is 0 Å². The second-order valence-corrected chi connectivity index (χ2v) is 12.6. The van der Waals surface area contributed by atoms with Gasteiger partial charge in [0.1, 0.15) is 36.8 Å². The van der Waals surface area contributed by atoms with Crippen LogP contribution in [0.15, 0.2) is 65.8 Å². The molecule has 0 radical (unpaired) electrons. The van der Waals surface area contributed by atoms with Crippen LogP contribution in [-0.2, 0) is 41.7 Å². The molecular weight excluding hydrogens is 558 g/mol. The van der Waals surface area contributed by atoms with Crippen LogP contribution in [0.25, 0.3) is 10.4 Å². The SMILES string of the molecule is [N-]=[N+]=N[C@H]1C(OC23CC4CC(CC(C4)C2)C3)O[C@H](COC(=O)CCl)[C@@H](OCc2ccccc2)[C@@H]1OCc1ccccc1. The summed E-state index contributed by atoms with van der Waals surface area (Å²) in [5, 5.41) is 4.20. The molecule has 42 heavy (non-hydrogen) atoms. The number of benzene rings is 2. The Labute approximate surface area is 251 Å². The molecule has 0 aromatic heterocycles. The van der Waals surface area contributed by atoms with Crippen molar-refractivity contribution in [2.24, 2.45) is 22.9 Å². The normalized spacial score (nSPS) is 35.0. The molecular formula is C32H38ClN3O6. The van der Waals surface area contributed by atoms with Crippen LogP contribution in [0, 0.1) is 17.8 Å². The monoisotopic (exact) mass is 595 g/mol. The van der Waals surface area contributed by atoms with Crippen LogP contribution in [0.4, 0.5) is 0 Å². The van der Waals surface area contributed by atoms with E-state index < -0.39 is 36.6 Å². The molecule has 1 unspecified atom stereocenters. The van der Waals surface area contributed by atoms with Crippen molar-refractivity contribution in [1.29, 1.82) is 0 Å². The third-order valence-electron chi connectivity index (χ3n) is 9.24. The lowest BCUT2D eigenvalue weighted by Gasteiger charge is -2.58. The number of esters is 1. The summed E-state index contributed by atoms with van der Waals surface area (Å²) in [7, 11) is 0. The predicted molar refractivity (Wildman–Crippen MR) is 155 cm³/mol. The fourth-order valence-electron chi connectivity index (χ4n) is 7.87. The van der Waals surface area contributed by atoms with Crippen LogP contribution in [0.2, 0.25) is 0 Å². The van der Waals surface area contributed by atoms with Gasteiger partial charge in [-0.1, -0.05) is 65.8 Å². The summed E-state index contributed by atoms with van der Waals surface area (Å²) in [6, 6.07) is 18.7. The molecule has 7 rings (SSSR count). The zero-order chi connectivity index (χ0) is 28.9. The Morgan fingerprint density at radius 1 is 0.905 bits per heavy atom. The summed E-state index contributed by atoms with van der Waals surface area (Å²) in [4.78, 5) is 15.3. The maximum Gasteiger partial charge on any atom is 0.320 e. The number of hydrogen-bond donors (Lipinski definition) is 0. The lowest BCUT2D eigenvalue weighted by Crippen LogP contribution is -2.63. The molecule has 10 heteroatoms. The summed E-state index contributed by atoms with van der Waals surface area (Å²) in [5.41, 5.74) is 11.3. The fourth-order valence-corrected chi connectivity index (χ4v) is 7.94. The van der Waals surface area contributed by atoms with Gasteiger partial charge >= 0.3 is 5.97 Å². The standard InChI is InChI=1S/C32H38ClN3O6/c33-17-27(37)38-20-26-29(39-18-21-7-3-1-4-8-21)30(40-19-22-9-5-2-6-10-22)28(35-36-34)31(41-26)42-32-14-23-11-24(15-32)13-25(12-23)16-32/h1-10,23-26,28-31H,11-20H2/t23?,24?,25?,26-,28-,29-,30-,31?,32?/m1/s1. The van der Waals surface area contributed by atoms with E-state index in [1.807, 2.05) is 60.7 Å². The van der Waals surface area contributed by atoms with Gasteiger partial charge in [-0.3, -0.25) is 4.79 Å². The molecule has 2 aromatic carbocycles.